The topological polar surface area (TPSA) is 66.6 Å². The number of halogens is 2. The van der Waals surface area contributed by atoms with E-state index in [2.05, 4.69) is 4.90 Å². The number of alkyl halides is 2. The Kier molecular flexibility index (Phi) is 6.99. The normalized spacial score (nSPS) is 12.2. The van der Waals surface area contributed by atoms with Gasteiger partial charge in [0.05, 0.1) is 6.42 Å². The van der Waals surface area contributed by atoms with E-state index < -0.39 is 12.0 Å². The standard InChI is InChI=1S/C13H18Cl2N2O2/c14-5-7-17(8-6-15)11-3-1-10(2-4-11)12(16)9-13(18)19/h1-4,12H,5-9,16H2,(H,18,19). The molecule has 4 nitrogen and oxygen atoms in total. The molecule has 0 fully saturated rings. The summed E-state index contributed by atoms with van der Waals surface area (Å²) < 4.78 is 0. The van der Waals surface area contributed by atoms with Crippen LogP contribution < -0.4 is 10.6 Å². The lowest BCUT2D eigenvalue weighted by Crippen LogP contribution is -2.27. The van der Waals surface area contributed by atoms with E-state index in [-0.39, 0.29) is 6.42 Å². The van der Waals surface area contributed by atoms with Gasteiger partial charge >= 0.3 is 5.97 Å². The third kappa shape index (κ3) is 5.27. The average Bonchev–Trinajstić information content (AvgIpc) is 2.38. The molecule has 6 heteroatoms. The third-order valence-corrected chi connectivity index (χ3v) is 3.13. The number of aliphatic carboxylic acids is 1. The Morgan fingerprint density at radius 1 is 1.21 bits per heavy atom. The summed E-state index contributed by atoms with van der Waals surface area (Å²) in [6.07, 6.45) is -0.0770. The Morgan fingerprint density at radius 2 is 1.74 bits per heavy atom. The highest BCUT2D eigenvalue weighted by molar-refractivity contribution is 6.18. The van der Waals surface area contributed by atoms with Gasteiger partial charge in [0, 0.05) is 36.6 Å². The smallest absolute Gasteiger partial charge is 0.305 e. The van der Waals surface area contributed by atoms with Gasteiger partial charge in [0.1, 0.15) is 0 Å². The van der Waals surface area contributed by atoms with Crippen molar-refractivity contribution >= 4 is 34.9 Å². The molecule has 1 unspecified atom stereocenters. The average molecular weight is 305 g/mol. The second kappa shape index (κ2) is 8.25. The van der Waals surface area contributed by atoms with Crippen LogP contribution in [-0.4, -0.2) is 35.9 Å². The van der Waals surface area contributed by atoms with E-state index in [1.54, 1.807) is 0 Å². The molecule has 19 heavy (non-hydrogen) atoms. The molecule has 1 aromatic carbocycles. The maximum absolute atomic E-state index is 10.6. The Hall–Kier alpha value is -0.970. The van der Waals surface area contributed by atoms with Crippen molar-refractivity contribution in [2.24, 2.45) is 5.73 Å². The van der Waals surface area contributed by atoms with E-state index in [0.717, 1.165) is 24.3 Å². The van der Waals surface area contributed by atoms with Crippen LogP contribution >= 0.6 is 23.2 Å². The number of carbonyl (C=O) groups is 1. The second-order valence-corrected chi connectivity index (χ2v) is 4.92. The molecular weight excluding hydrogens is 287 g/mol. The van der Waals surface area contributed by atoms with Gasteiger partial charge in [-0.05, 0) is 17.7 Å². The van der Waals surface area contributed by atoms with Gasteiger partial charge < -0.3 is 15.7 Å². The van der Waals surface area contributed by atoms with Crippen LogP contribution in [0.15, 0.2) is 24.3 Å². The fraction of sp³-hybridized carbons (Fsp3) is 0.462. The molecule has 0 saturated heterocycles. The van der Waals surface area contributed by atoms with Crippen molar-refractivity contribution in [3.63, 3.8) is 0 Å². The number of nitrogens with two attached hydrogens (primary N) is 1. The number of hydrogen-bond acceptors (Lipinski definition) is 3. The molecule has 0 aromatic heterocycles. The number of anilines is 1. The molecule has 0 radical (unpaired) electrons. The Balaban J connectivity index is 2.76. The number of benzene rings is 1. The van der Waals surface area contributed by atoms with E-state index in [4.69, 9.17) is 34.0 Å². The fourth-order valence-electron chi connectivity index (χ4n) is 1.81. The van der Waals surface area contributed by atoms with Gasteiger partial charge in [-0.25, -0.2) is 0 Å². The minimum atomic E-state index is -0.900. The summed E-state index contributed by atoms with van der Waals surface area (Å²) in [5.74, 6) is 0.149. The maximum atomic E-state index is 10.6. The minimum Gasteiger partial charge on any atom is -0.481 e. The van der Waals surface area contributed by atoms with E-state index in [9.17, 15) is 4.79 Å². The highest BCUT2D eigenvalue weighted by atomic mass is 35.5. The summed E-state index contributed by atoms with van der Waals surface area (Å²) in [6.45, 7) is 1.43. The second-order valence-electron chi connectivity index (χ2n) is 4.16. The number of nitrogens with zero attached hydrogens (tertiary/aromatic N) is 1. The first kappa shape index (κ1) is 16.1. The van der Waals surface area contributed by atoms with Gasteiger partial charge in [-0.1, -0.05) is 12.1 Å². The van der Waals surface area contributed by atoms with E-state index >= 15 is 0 Å². The van der Waals surface area contributed by atoms with Crippen LogP contribution in [0.5, 0.6) is 0 Å². The van der Waals surface area contributed by atoms with Gasteiger partial charge in [0.2, 0.25) is 0 Å². The van der Waals surface area contributed by atoms with E-state index in [1.807, 2.05) is 24.3 Å². The zero-order valence-corrected chi connectivity index (χ0v) is 12.1. The third-order valence-electron chi connectivity index (χ3n) is 2.79. The van der Waals surface area contributed by atoms with Crippen molar-refractivity contribution in [2.45, 2.75) is 12.5 Å². The van der Waals surface area contributed by atoms with Crippen LogP contribution in [0.1, 0.15) is 18.0 Å². The molecule has 0 bridgehead atoms. The van der Waals surface area contributed by atoms with Crippen LogP contribution in [0.4, 0.5) is 5.69 Å². The molecule has 106 valence electrons. The summed E-state index contributed by atoms with van der Waals surface area (Å²) in [5.41, 5.74) is 7.62. The first-order valence-corrected chi connectivity index (χ1v) is 7.09. The van der Waals surface area contributed by atoms with Gasteiger partial charge in [0.15, 0.2) is 0 Å². The van der Waals surface area contributed by atoms with Crippen LogP contribution in [0, 0.1) is 0 Å². The zero-order valence-electron chi connectivity index (χ0n) is 10.6. The van der Waals surface area contributed by atoms with Crippen LogP contribution in [0.2, 0.25) is 0 Å². The van der Waals surface area contributed by atoms with Gasteiger partial charge in [0.25, 0.3) is 0 Å². The summed E-state index contributed by atoms with van der Waals surface area (Å²) in [5, 5.41) is 8.71. The zero-order chi connectivity index (χ0) is 14.3. The minimum absolute atomic E-state index is 0.0770. The molecule has 0 aliphatic rings. The molecule has 0 aliphatic heterocycles. The number of carboxylic acid groups (broad SMARTS) is 1. The molecule has 0 aliphatic carbocycles. The molecule has 0 saturated carbocycles. The predicted octanol–water partition coefficient (Wildman–Crippen LogP) is 2.45. The summed E-state index contributed by atoms with van der Waals surface area (Å²) in [4.78, 5) is 12.7. The van der Waals surface area contributed by atoms with Crippen molar-refractivity contribution in [3.8, 4) is 0 Å². The molecule has 1 atom stereocenters. The number of rotatable bonds is 8. The quantitative estimate of drug-likeness (QED) is 0.724. The van der Waals surface area contributed by atoms with Crippen LogP contribution in [0.3, 0.4) is 0 Å². The van der Waals surface area contributed by atoms with E-state index in [1.165, 1.54) is 0 Å². The molecule has 1 aromatic rings. The lowest BCUT2D eigenvalue weighted by molar-refractivity contribution is -0.137. The maximum Gasteiger partial charge on any atom is 0.305 e. The van der Waals surface area contributed by atoms with Crippen molar-refractivity contribution in [2.75, 3.05) is 29.7 Å². The fourth-order valence-corrected chi connectivity index (χ4v) is 2.22. The molecule has 1 rings (SSSR count). The predicted molar refractivity (Wildman–Crippen MR) is 79.3 cm³/mol. The van der Waals surface area contributed by atoms with Crippen molar-refractivity contribution in [1.82, 2.24) is 0 Å². The van der Waals surface area contributed by atoms with Gasteiger partial charge in [-0.2, -0.15) is 0 Å². The summed E-state index contributed by atoms with van der Waals surface area (Å²) >= 11 is 11.5. The SMILES string of the molecule is NC(CC(=O)O)c1ccc(N(CCCl)CCCl)cc1. The lowest BCUT2D eigenvalue weighted by Gasteiger charge is -2.23. The van der Waals surface area contributed by atoms with E-state index in [0.29, 0.717) is 11.8 Å². The van der Waals surface area contributed by atoms with Crippen LogP contribution in [-0.2, 0) is 4.79 Å². The van der Waals surface area contributed by atoms with Gasteiger partial charge in [-0.3, -0.25) is 4.79 Å². The number of hydrogen-bond donors (Lipinski definition) is 2. The highest BCUT2D eigenvalue weighted by Crippen LogP contribution is 2.20. The van der Waals surface area contributed by atoms with Crippen molar-refractivity contribution < 1.29 is 9.90 Å². The molecule has 3 N–H and O–H groups in total. The molecule has 0 spiro atoms. The monoisotopic (exact) mass is 304 g/mol. The molecule has 0 amide bonds. The lowest BCUT2D eigenvalue weighted by atomic mass is 10.0. The highest BCUT2D eigenvalue weighted by Gasteiger charge is 2.11. The Bertz CT molecular complexity index is 392. The largest absolute Gasteiger partial charge is 0.481 e. The number of carboxylic acids is 1. The van der Waals surface area contributed by atoms with Crippen molar-refractivity contribution in [3.05, 3.63) is 29.8 Å². The van der Waals surface area contributed by atoms with Gasteiger partial charge in [-0.15, -0.1) is 23.2 Å². The Labute approximate surface area is 123 Å². The first-order valence-electron chi connectivity index (χ1n) is 6.02. The first-order chi connectivity index (χ1) is 9.08. The Morgan fingerprint density at radius 3 is 2.16 bits per heavy atom. The molecule has 0 heterocycles. The summed E-state index contributed by atoms with van der Waals surface area (Å²) in [7, 11) is 0. The molecular formula is C13H18Cl2N2O2. The van der Waals surface area contributed by atoms with Crippen LogP contribution in [0.25, 0.3) is 0 Å². The summed E-state index contributed by atoms with van der Waals surface area (Å²) in [6, 6.07) is 7.03. The van der Waals surface area contributed by atoms with Crippen molar-refractivity contribution in [1.29, 1.82) is 0 Å².